The zero-order valence-electron chi connectivity index (χ0n) is 15.4. The second-order valence-electron chi connectivity index (χ2n) is 7.38. The Morgan fingerprint density at radius 2 is 1.92 bits per heavy atom. The van der Waals surface area contributed by atoms with Crippen LogP contribution in [-0.2, 0) is 9.53 Å². The Hall–Kier alpha value is -1.46. The summed E-state index contributed by atoms with van der Waals surface area (Å²) in [6, 6.07) is 5.62. The van der Waals surface area contributed by atoms with Gasteiger partial charge >= 0.3 is 0 Å². The quantitative estimate of drug-likeness (QED) is 0.861. The maximum absolute atomic E-state index is 13.4. The van der Waals surface area contributed by atoms with E-state index in [4.69, 9.17) is 4.74 Å². The minimum absolute atomic E-state index is 0.168. The Morgan fingerprint density at radius 3 is 2.56 bits per heavy atom. The van der Waals surface area contributed by atoms with E-state index >= 15 is 0 Å². The normalized spacial score (nSPS) is 22.3. The van der Waals surface area contributed by atoms with Crippen LogP contribution in [0.5, 0.6) is 0 Å². The fourth-order valence-corrected chi connectivity index (χ4v) is 4.39. The predicted molar refractivity (Wildman–Crippen MR) is 98.2 cm³/mol. The Balaban J connectivity index is 1.78. The smallest absolute Gasteiger partial charge is 0.241 e. The summed E-state index contributed by atoms with van der Waals surface area (Å²) in [4.78, 5) is 20.3. The molecule has 0 unspecified atom stereocenters. The highest BCUT2D eigenvalue weighted by molar-refractivity contribution is 5.86. The van der Waals surface area contributed by atoms with Crippen LogP contribution in [0.15, 0.2) is 24.4 Å². The van der Waals surface area contributed by atoms with Gasteiger partial charge in [-0.25, -0.2) is 0 Å². The van der Waals surface area contributed by atoms with Gasteiger partial charge in [0, 0.05) is 13.3 Å². The van der Waals surface area contributed by atoms with Gasteiger partial charge in [0.2, 0.25) is 5.91 Å². The van der Waals surface area contributed by atoms with Crippen molar-refractivity contribution in [3.63, 3.8) is 0 Å². The van der Waals surface area contributed by atoms with E-state index in [9.17, 15) is 4.79 Å². The van der Waals surface area contributed by atoms with E-state index < -0.39 is 0 Å². The highest BCUT2D eigenvalue weighted by Gasteiger charge is 2.45. The van der Waals surface area contributed by atoms with Gasteiger partial charge in [-0.3, -0.25) is 14.7 Å². The number of likely N-dealkylation sites (tertiary alicyclic amines) is 1. The topological polar surface area (TPSA) is 54.5 Å². The van der Waals surface area contributed by atoms with Crippen molar-refractivity contribution < 1.29 is 9.53 Å². The maximum atomic E-state index is 13.4. The molecular weight excluding hydrogens is 314 g/mol. The fourth-order valence-electron chi connectivity index (χ4n) is 4.39. The van der Waals surface area contributed by atoms with Crippen molar-refractivity contribution in [1.29, 1.82) is 0 Å². The van der Waals surface area contributed by atoms with Crippen LogP contribution in [0.4, 0.5) is 0 Å². The number of methoxy groups -OCH3 is 1. The maximum Gasteiger partial charge on any atom is 0.241 e. The Bertz CT molecular complexity index is 537. The van der Waals surface area contributed by atoms with Gasteiger partial charge in [0.15, 0.2) is 0 Å². The third-order valence-corrected chi connectivity index (χ3v) is 5.75. The highest BCUT2D eigenvalue weighted by atomic mass is 16.5. The summed E-state index contributed by atoms with van der Waals surface area (Å²) in [5, 5.41) is 3.27. The van der Waals surface area contributed by atoms with Crippen molar-refractivity contribution in [2.45, 2.75) is 62.9 Å². The van der Waals surface area contributed by atoms with Crippen molar-refractivity contribution in [1.82, 2.24) is 15.2 Å². The van der Waals surface area contributed by atoms with Crippen molar-refractivity contribution in [3.05, 3.63) is 30.1 Å². The molecule has 1 aliphatic heterocycles. The van der Waals surface area contributed by atoms with Gasteiger partial charge in [0.25, 0.3) is 0 Å². The highest BCUT2D eigenvalue weighted by Crippen LogP contribution is 2.36. The summed E-state index contributed by atoms with van der Waals surface area (Å²) in [6.45, 7) is 2.54. The molecule has 2 aliphatic rings. The number of piperidine rings is 1. The number of hydrogen-bond donors (Lipinski definition) is 1. The lowest BCUT2D eigenvalue weighted by molar-refractivity contribution is -0.138. The number of pyridine rings is 1. The predicted octanol–water partition coefficient (Wildman–Crippen LogP) is 3.07. The van der Waals surface area contributed by atoms with Gasteiger partial charge in [-0.1, -0.05) is 31.7 Å². The van der Waals surface area contributed by atoms with E-state index in [2.05, 4.69) is 15.2 Å². The largest absolute Gasteiger partial charge is 0.382 e. The number of rotatable bonds is 6. The monoisotopic (exact) mass is 345 g/mol. The first-order valence-corrected chi connectivity index (χ1v) is 9.72. The number of carbonyl (C=O) groups excluding carboxylic acids is 1. The summed E-state index contributed by atoms with van der Waals surface area (Å²) >= 11 is 0. The number of nitrogens with one attached hydrogen (secondary N) is 1. The zero-order chi connectivity index (χ0) is 17.5. The van der Waals surface area contributed by atoms with Crippen LogP contribution in [0.3, 0.4) is 0 Å². The number of ether oxygens (including phenoxy) is 1. The fraction of sp³-hybridized carbons (Fsp3) is 0.700. The van der Waals surface area contributed by atoms with E-state index in [1.54, 1.807) is 13.3 Å². The van der Waals surface area contributed by atoms with Crippen LogP contribution in [0, 0.1) is 0 Å². The lowest BCUT2D eigenvalue weighted by Crippen LogP contribution is -2.61. The number of amides is 1. The number of nitrogens with zero attached hydrogens (tertiary/aromatic N) is 2. The van der Waals surface area contributed by atoms with Crippen LogP contribution >= 0.6 is 0 Å². The molecule has 0 aromatic carbocycles. The molecule has 1 atom stereocenters. The van der Waals surface area contributed by atoms with Gasteiger partial charge in [-0.05, 0) is 50.9 Å². The molecule has 1 saturated heterocycles. The molecule has 138 valence electrons. The standard InChI is InChI=1S/C20H31N3O2/c1-25-16-18(17-10-4-7-13-21-17)22-19(24)20(11-5-2-6-12-20)23-14-8-3-9-15-23/h4,7,10,13,18H,2-3,5-6,8-9,11-12,14-16H2,1H3,(H,22,24)/t18-/m1/s1. The molecule has 0 bridgehead atoms. The number of aromatic nitrogens is 1. The molecule has 0 spiro atoms. The van der Waals surface area contributed by atoms with Crippen LogP contribution < -0.4 is 5.32 Å². The van der Waals surface area contributed by atoms with Gasteiger partial charge in [-0.2, -0.15) is 0 Å². The summed E-state index contributed by atoms with van der Waals surface area (Å²) < 4.78 is 5.36. The molecule has 5 heteroatoms. The number of carbonyl (C=O) groups is 1. The third kappa shape index (κ3) is 4.21. The summed E-state index contributed by atoms with van der Waals surface area (Å²) in [7, 11) is 1.67. The van der Waals surface area contributed by atoms with E-state index in [0.717, 1.165) is 44.5 Å². The van der Waals surface area contributed by atoms with Crippen molar-refractivity contribution >= 4 is 5.91 Å². The van der Waals surface area contributed by atoms with Crippen LogP contribution in [-0.4, -0.2) is 48.1 Å². The van der Waals surface area contributed by atoms with Crippen molar-refractivity contribution in [3.8, 4) is 0 Å². The molecule has 5 nitrogen and oxygen atoms in total. The molecule has 0 radical (unpaired) electrons. The summed E-state index contributed by atoms with van der Waals surface area (Å²) in [5.74, 6) is 0.168. The van der Waals surface area contributed by atoms with E-state index in [1.807, 2.05) is 18.2 Å². The Kier molecular flexibility index (Phi) is 6.43. The molecule has 25 heavy (non-hydrogen) atoms. The number of hydrogen-bond acceptors (Lipinski definition) is 4. The lowest BCUT2D eigenvalue weighted by atomic mass is 9.78. The molecule has 1 saturated carbocycles. The Labute approximate surface area is 151 Å². The first-order valence-electron chi connectivity index (χ1n) is 9.72. The Morgan fingerprint density at radius 1 is 1.20 bits per heavy atom. The molecule has 1 amide bonds. The average molecular weight is 345 g/mol. The van der Waals surface area contributed by atoms with Gasteiger partial charge in [-0.15, -0.1) is 0 Å². The van der Waals surface area contributed by atoms with Gasteiger partial charge in [0.1, 0.15) is 5.54 Å². The third-order valence-electron chi connectivity index (χ3n) is 5.75. The first kappa shape index (κ1) is 18.3. The van der Waals surface area contributed by atoms with Gasteiger partial charge in [0.05, 0.1) is 18.3 Å². The molecule has 1 aromatic rings. The average Bonchev–Trinajstić information content (AvgIpc) is 2.69. The SMILES string of the molecule is COC[C@@H](NC(=O)C1(N2CCCCC2)CCCCC1)c1ccccn1. The van der Waals surface area contributed by atoms with Crippen LogP contribution in [0.2, 0.25) is 0 Å². The molecule has 2 fully saturated rings. The first-order chi connectivity index (χ1) is 12.3. The van der Waals surface area contributed by atoms with E-state index in [-0.39, 0.29) is 17.5 Å². The summed E-state index contributed by atoms with van der Waals surface area (Å²) in [5.41, 5.74) is 0.529. The van der Waals surface area contributed by atoms with Crippen LogP contribution in [0.1, 0.15) is 63.1 Å². The lowest BCUT2D eigenvalue weighted by Gasteiger charge is -2.47. The molecule has 1 aliphatic carbocycles. The molecule has 3 rings (SSSR count). The molecule has 1 aromatic heterocycles. The van der Waals surface area contributed by atoms with E-state index in [1.165, 1.54) is 25.7 Å². The van der Waals surface area contributed by atoms with Gasteiger partial charge < -0.3 is 10.1 Å². The minimum atomic E-state index is -0.334. The molecule has 1 N–H and O–H groups in total. The minimum Gasteiger partial charge on any atom is -0.382 e. The van der Waals surface area contributed by atoms with Crippen molar-refractivity contribution in [2.24, 2.45) is 0 Å². The van der Waals surface area contributed by atoms with Crippen LogP contribution in [0.25, 0.3) is 0 Å². The second-order valence-corrected chi connectivity index (χ2v) is 7.38. The molecule has 2 heterocycles. The van der Waals surface area contributed by atoms with Crippen molar-refractivity contribution in [2.75, 3.05) is 26.8 Å². The second kappa shape index (κ2) is 8.77. The molecular formula is C20H31N3O2. The van der Waals surface area contributed by atoms with E-state index in [0.29, 0.717) is 6.61 Å². The zero-order valence-corrected chi connectivity index (χ0v) is 15.4. The summed E-state index contributed by atoms with van der Waals surface area (Å²) in [6.07, 6.45) is 10.9.